The summed E-state index contributed by atoms with van der Waals surface area (Å²) in [6, 6.07) is 13.4. The van der Waals surface area contributed by atoms with Gasteiger partial charge in [0.05, 0.1) is 17.0 Å². The maximum atomic E-state index is 13.5. The summed E-state index contributed by atoms with van der Waals surface area (Å²) in [5.41, 5.74) is 3.92. The summed E-state index contributed by atoms with van der Waals surface area (Å²) < 4.78 is 42.1. The van der Waals surface area contributed by atoms with Gasteiger partial charge < -0.3 is 5.32 Å². The summed E-state index contributed by atoms with van der Waals surface area (Å²) in [5.74, 6) is 0. The number of aromatic nitrogens is 2. The van der Waals surface area contributed by atoms with Crippen LogP contribution in [-0.2, 0) is 6.18 Å². The minimum atomic E-state index is -4.42. The van der Waals surface area contributed by atoms with E-state index in [1.54, 1.807) is 10.7 Å². The van der Waals surface area contributed by atoms with Gasteiger partial charge in [0.1, 0.15) is 6.17 Å². The van der Waals surface area contributed by atoms with E-state index in [1.165, 1.54) is 12.1 Å². The molecule has 0 spiro atoms. The van der Waals surface area contributed by atoms with Crippen molar-refractivity contribution in [3.05, 3.63) is 70.9 Å². The molecule has 0 saturated heterocycles. The molecule has 0 aliphatic carbocycles. The maximum Gasteiger partial charge on any atom is 0.416 e. The summed E-state index contributed by atoms with van der Waals surface area (Å²) in [6.07, 6.45) is -5.13. The first-order valence-electron chi connectivity index (χ1n) is 7.94. The van der Waals surface area contributed by atoms with Crippen molar-refractivity contribution in [1.82, 2.24) is 9.78 Å². The molecule has 3 aromatic rings. The summed E-state index contributed by atoms with van der Waals surface area (Å²) in [5, 5.41) is 7.67. The van der Waals surface area contributed by atoms with Gasteiger partial charge in [0.2, 0.25) is 0 Å². The maximum absolute atomic E-state index is 13.5. The Morgan fingerprint density at radius 1 is 1.04 bits per heavy atom. The van der Waals surface area contributed by atoms with Crippen LogP contribution in [0.15, 0.2) is 48.5 Å². The third-order valence-corrected chi connectivity index (χ3v) is 4.41. The number of aryl methyl sites for hydroxylation is 2. The quantitative estimate of drug-likeness (QED) is 0.661. The monoisotopic (exact) mass is 343 g/mol. The van der Waals surface area contributed by atoms with Crippen molar-refractivity contribution in [3.63, 3.8) is 0 Å². The van der Waals surface area contributed by atoms with E-state index in [9.17, 15) is 13.2 Å². The van der Waals surface area contributed by atoms with Crippen molar-refractivity contribution >= 4 is 5.69 Å². The average molecular weight is 343 g/mol. The third kappa shape index (κ3) is 2.58. The van der Waals surface area contributed by atoms with E-state index in [-0.39, 0.29) is 5.56 Å². The molecule has 0 radical (unpaired) electrons. The molecule has 0 saturated carbocycles. The molecule has 3 nitrogen and oxygen atoms in total. The van der Waals surface area contributed by atoms with Crippen LogP contribution in [0.4, 0.5) is 18.9 Å². The molecule has 1 aliphatic rings. The number of fused-ring (bicyclic) bond motifs is 3. The number of nitrogens with one attached hydrogen (secondary N) is 1. The van der Waals surface area contributed by atoms with Gasteiger partial charge in [0, 0.05) is 16.8 Å². The lowest BCUT2D eigenvalue weighted by atomic mass is 9.99. The highest BCUT2D eigenvalue weighted by molar-refractivity contribution is 5.79. The van der Waals surface area contributed by atoms with Gasteiger partial charge in [-0.2, -0.15) is 18.3 Å². The summed E-state index contributed by atoms with van der Waals surface area (Å²) in [7, 11) is 0. The Balaban J connectivity index is 1.93. The molecule has 1 N–H and O–H groups in total. The van der Waals surface area contributed by atoms with Crippen LogP contribution >= 0.6 is 0 Å². The zero-order valence-electron chi connectivity index (χ0n) is 13.7. The number of halogens is 3. The lowest BCUT2D eigenvalue weighted by Gasteiger charge is -2.31. The zero-order chi connectivity index (χ0) is 17.8. The molecular weight excluding hydrogens is 327 g/mol. The van der Waals surface area contributed by atoms with Crippen LogP contribution in [0.1, 0.15) is 28.6 Å². The van der Waals surface area contributed by atoms with Crippen molar-refractivity contribution < 1.29 is 13.2 Å². The fourth-order valence-electron chi connectivity index (χ4n) is 3.32. The first-order chi connectivity index (χ1) is 11.8. The van der Waals surface area contributed by atoms with Gasteiger partial charge in [-0.15, -0.1) is 0 Å². The number of nitrogens with zero attached hydrogens (tertiary/aromatic N) is 2. The van der Waals surface area contributed by atoms with E-state index in [2.05, 4.69) is 10.4 Å². The Morgan fingerprint density at radius 2 is 1.80 bits per heavy atom. The predicted octanol–water partition coefficient (Wildman–Crippen LogP) is 5.16. The number of alkyl halides is 3. The van der Waals surface area contributed by atoms with Crippen molar-refractivity contribution in [2.45, 2.75) is 26.2 Å². The van der Waals surface area contributed by atoms with Gasteiger partial charge in [-0.3, -0.25) is 0 Å². The van der Waals surface area contributed by atoms with E-state index in [0.29, 0.717) is 0 Å². The molecule has 25 heavy (non-hydrogen) atoms. The van der Waals surface area contributed by atoms with Crippen LogP contribution in [0, 0.1) is 13.8 Å². The molecule has 1 atom stereocenters. The van der Waals surface area contributed by atoms with Crippen LogP contribution in [0.5, 0.6) is 0 Å². The number of anilines is 1. The van der Waals surface area contributed by atoms with E-state index in [0.717, 1.165) is 34.3 Å². The molecule has 2 aromatic carbocycles. The summed E-state index contributed by atoms with van der Waals surface area (Å²) in [4.78, 5) is 0. The lowest BCUT2D eigenvalue weighted by Crippen LogP contribution is -2.28. The van der Waals surface area contributed by atoms with Crippen molar-refractivity contribution in [2.24, 2.45) is 0 Å². The van der Waals surface area contributed by atoms with Crippen molar-refractivity contribution in [3.8, 4) is 11.3 Å². The largest absolute Gasteiger partial charge is 0.416 e. The second-order valence-corrected chi connectivity index (χ2v) is 6.30. The molecule has 0 bridgehead atoms. The van der Waals surface area contributed by atoms with Gasteiger partial charge >= 0.3 is 6.18 Å². The standard InChI is InChI=1S/C19H16F3N3/c1-11-7-8-16-14(9-11)17-10-12(2)24-25(17)18(23-16)13-5-3-4-6-15(13)19(20,21)22/h3-10,18,23H,1-2H3. The number of hydrogen-bond donors (Lipinski definition) is 1. The topological polar surface area (TPSA) is 29.9 Å². The molecular formula is C19H16F3N3. The molecule has 1 unspecified atom stereocenters. The lowest BCUT2D eigenvalue weighted by molar-refractivity contribution is -0.138. The molecule has 2 heterocycles. The molecule has 1 aromatic heterocycles. The predicted molar refractivity (Wildman–Crippen MR) is 90.3 cm³/mol. The van der Waals surface area contributed by atoms with E-state index >= 15 is 0 Å². The Labute approximate surface area is 143 Å². The Bertz CT molecular complexity index is 957. The molecule has 128 valence electrons. The first-order valence-corrected chi connectivity index (χ1v) is 7.94. The first kappa shape index (κ1) is 15.7. The molecule has 4 rings (SSSR count). The smallest absolute Gasteiger partial charge is 0.359 e. The van der Waals surface area contributed by atoms with Crippen molar-refractivity contribution in [2.75, 3.05) is 5.32 Å². The second-order valence-electron chi connectivity index (χ2n) is 6.30. The SMILES string of the molecule is Cc1ccc2c(c1)-c1cc(C)nn1C(c1ccccc1C(F)(F)F)N2. The minimum Gasteiger partial charge on any atom is -0.359 e. The van der Waals surface area contributed by atoms with E-state index in [1.807, 2.05) is 38.1 Å². The van der Waals surface area contributed by atoms with Crippen LogP contribution in [0.25, 0.3) is 11.3 Å². The number of hydrogen-bond acceptors (Lipinski definition) is 2. The van der Waals surface area contributed by atoms with Gasteiger partial charge in [0.15, 0.2) is 0 Å². The van der Waals surface area contributed by atoms with E-state index < -0.39 is 17.9 Å². The van der Waals surface area contributed by atoms with E-state index in [4.69, 9.17) is 0 Å². The van der Waals surface area contributed by atoms with Crippen molar-refractivity contribution in [1.29, 1.82) is 0 Å². The van der Waals surface area contributed by atoms with Gasteiger partial charge in [-0.05, 0) is 38.1 Å². The highest BCUT2D eigenvalue weighted by Gasteiger charge is 2.37. The minimum absolute atomic E-state index is 0.158. The number of rotatable bonds is 1. The van der Waals surface area contributed by atoms with Crippen LogP contribution in [0.2, 0.25) is 0 Å². The highest BCUT2D eigenvalue weighted by atomic mass is 19.4. The highest BCUT2D eigenvalue weighted by Crippen LogP contribution is 2.42. The molecule has 0 fully saturated rings. The van der Waals surface area contributed by atoms with Crippen LogP contribution in [0.3, 0.4) is 0 Å². The Hall–Kier alpha value is -2.76. The molecule has 0 amide bonds. The number of benzene rings is 2. The van der Waals surface area contributed by atoms with Gasteiger partial charge in [-0.25, -0.2) is 4.68 Å². The fraction of sp³-hybridized carbons (Fsp3) is 0.211. The van der Waals surface area contributed by atoms with Gasteiger partial charge in [-0.1, -0.05) is 29.8 Å². The van der Waals surface area contributed by atoms with Crippen LogP contribution in [-0.4, -0.2) is 9.78 Å². The Kier molecular flexibility index (Phi) is 3.39. The third-order valence-electron chi connectivity index (χ3n) is 4.41. The van der Waals surface area contributed by atoms with Gasteiger partial charge in [0.25, 0.3) is 0 Å². The normalized spacial score (nSPS) is 16.1. The Morgan fingerprint density at radius 3 is 2.56 bits per heavy atom. The summed E-state index contributed by atoms with van der Waals surface area (Å²) in [6.45, 7) is 3.83. The summed E-state index contributed by atoms with van der Waals surface area (Å²) >= 11 is 0. The average Bonchev–Trinajstić information content (AvgIpc) is 2.95. The molecule has 1 aliphatic heterocycles. The zero-order valence-corrected chi connectivity index (χ0v) is 13.7. The fourth-order valence-corrected chi connectivity index (χ4v) is 3.32. The molecule has 6 heteroatoms. The van der Waals surface area contributed by atoms with Crippen LogP contribution < -0.4 is 5.32 Å². The second kappa shape index (κ2) is 5.37.